The molecule has 54 valence electrons. The first-order chi connectivity index (χ1) is 4.79. The highest BCUT2D eigenvalue weighted by atomic mass is 15.0. The van der Waals surface area contributed by atoms with Crippen LogP contribution in [-0.4, -0.2) is 4.57 Å². The molecule has 1 aliphatic carbocycles. The monoisotopic (exact) mass is 135 g/mol. The highest BCUT2D eigenvalue weighted by Gasteiger charge is 2.36. The van der Waals surface area contributed by atoms with E-state index in [9.17, 15) is 0 Å². The molecule has 0 amide bonds. The van der Waals surface area contributed by atoms with Crippen molar-refractivity contribution < 1.29 is 0 Å². The molecule has 1 heteroatoms. The number of rotatable bonds is 2. The Hall–Kier alpha value is -0.720. The van der Waals surface area contributed by atoms with Gasteiger partial charge in [-0.2, -0.15) is 0 Å². The molecule has 1 aromatic heterocycles. The summed E-state index contributed by atoms with van der Waals surface area (Å²) in [5.74, 6) is 0. The molecular formula is C9H13N. The fourth-order valence-corrected chi connectivity index (χ4v) is 1.29. The molecule has 0 N–H and O–H groups in total. The van der Waals surface area contributed by atoms with Crippen LogP contribution in [0, 0.1) is 5.41 Å². The standard InChI is InChI=1S/C9H13N/c1-9(4-5-9)8-10-6-2-3-7-10/h2-3,6-7H,4-5,8H2,1H3. The summed E-state index contributed by atoms with van der Waals surface area (Å²) < 4.78 is 2.27. The average Bonchev–Trinajstić information content (AvgIpc) is 2.47. The van der Waals surface area contributed by atoms with Crippen LogP contribution in [0.3, 0.4) is 0 Å². The van der Waals surface area contributed by atoms with Crippen molar-refractivity contribution in [2.75, 3.05) is 0 Å². The molecule has 0 radical (unpaired) electrons. The zero-order valence-electron chi connectivity index (χ0n) is 6.38. The fourth-order valence-electron chi connectivity index (χ4n) is 1.29. The Morgan fingerprint density at radius 2 is 1.90 bits per heavy atom. The Morgan fingerprint density at radius 3 is 2.40 bits per heavy atom. The third kappa shape index (κ3) is 1.08. The molecule has 1 saturated carbocycles. The van der Waals surface area contributed by atoms with Crippen molar-refractivity contribution in [3.8, 4) is 0 Å². The van der Waals surface area contributed by atoms with Crippen LogP contribution in [0.1, 0.15) is 19.8 Å². The number of hydrogen-bond acceptors (Lipinski definition) is 0. The Morgan fingerprint density at radius 1 is 1.30 bits per heavy atom. The molecule has 0 atom stereocenters. The largest absolute Gasteiger partial charge is 0.354 e. The first-order valence-electron chi connectivity index (χ1n) is 3.89. The van der Waals surface area contributed by atoms with Gasteiger partial charge in [0, 0.05) is 18.9 Å². The summed E-state index contributed by atoms with van der Waals surface area (Å²) in [5, 5.41) is 0. The zero-order chi connectivity index (χ0) is 7.03. The summed E-state index contributed by atoms with van der Waals surface area (Å²) in [5.41, 5.74) is 0.638. The van der Waals surface area contributed by atoms with Crippen molar-refractivity contribution in [3.63, 3.8) is 0 Å². The number of nitrogens with zero attached hydrogens (tertiary/aromatic N) is 1. The van der Waals surface area contributed by atoms with Gasteiger partial charge < -0.3 is 4.57 Å². The highest BCUT2D eigenvalue weighted by molar-refractivity contribution is 4.95. The molecule has 0 aliphatic heterocycles. The topological polar surface area (TPSA) is 4.93 Å². The van der Waals surface area contributed by atoms with Gasteiger partial charge in [-0.3, -0.25) is 0 Å². The van der Waals surface area contributed by atoms with E-state index in [1.165, 1.54) is 19.4 Å². The Balaban J connectivity index is 2.04. The second-order valence-corrected chi connectivity index (χ2v) is 3.67. The van der Waals surface area contributed by atoms with E-state index < -0.39 is 0 Å². The molecular weight excluding hydrogens is 122 g/mol. The number of aromatic nitrogens is 1. The minimum atomic E-state index is 0.638. The van der Waals surface area contributed by atoms with Gasteiger partial charge in [0.1, 0.15) is 0 Å². The first kappa shape index (κ1) is 6.02. The summed E-state index contributed by atoms with van der Waals surface area (Å²) in [6.07, 6.45) is 7.10. The van der Waals surface area contributed by atoms with Crippen LogP contribution in [0.4, 0.5) is 0 Å². The van der Waals surface area contributed by atoms with Gasteiger partial charge in [-0.05, 0) is 30.4 Å². The summed E-state index contributed by atoms with van der Waals surface area (Å²) in [4.78, 5) is 0. The van der Waals surface area contributed by atoms with E-state index in [4.69, 9.17) is 0 Å². The first-order valence-corrected chi connectivity index (χ1v) is 3.89. The van der Waals surface area contributed by atoms with Gasteiger partial charge in [-0.1, -0.05) is 6.92 Å². The van der Waals surface area contributed by atoms with Crippen molar-refractivity contribution in [1.29, 1.82) is 0 Å². The zero-order valence-corrected chi connectivity index (χ0v) is 6.38. The van der Waals surface area contributed by atoms with E-state index in [1.807, 2.05) is 0 Å². The molecule has 0 spiro atoms. The van der Waals surface area contributed by atoms with E-state index in [0.717, 1.165) is 0 Å². The van der Waals surface area contributed by atoms with Crippen LogP contribution in [0.25, 0.3) is 0 Å². The maximum absolute atomic E-state index is 2.35. The quantitative estimate of drug-likeness (QED) is 0.586. The lowest BCUT2D eigenvalue weighted by Crippen LogP contribution is -2.04. The Labute approximate surface area is 61.7 Å². The third-order valence-electron chi connectivity index (χ3n) is 2.33. The molecule has 1 fully saturated rings. The third-order valence-corrected chi connectivity index (χ3v) is 2.33. The van der Waals surface area contributed by atoms with Gasteiger partial charge in [0.2, 0.25) is 0 Å². The second kappa shape index (κ2) is 1.88. The van der Waals surface area contributed by atoms with Gasteiger partial charge in [0.25, 0.3) is 0 Å². The van der Waals surface area contributed by atoms with E-state index in [2.05, 4.69) is 36.0 Å². The molecule has 1 nitrogen and oxygen atoms in total. The van der Waals surface area contributed by atoms with Crippen LogP contribution in [-0.2, 0) is 6.54 Å². The van der Waals surface area contributed by atoms with Gasteiger partial charge >= 0.3 is 0 Å². The molecule has 1 aliphatic rings. The maximum atomic E-state index is 2.35. The predicted octanol–water partition coefficient (Wildman–Crippen LogP) is 2.29. The minimum absolute atomic E-state index is 0.638. The van der Waals surface area contributed by atoms with E-state index >= 15 is 0 Å². The molecule has 2 rings (SSSR count). The molecule has 0 aromatic carbocycles. The van der Waals surface area contributed by atoms with Gasteiger partial charge in [0.05, 0.1) is 0 Å². The van der Waals surface area contributed by atoms with Crippen molar-refractivity contribution in [2.45, 2.75) is 26.3 Å². The van der Waals surface area contributed by atoms with Crippen LogP contribution < -0.4 is 0 Å². The van der Waals surface area contributed by atoms with Gasteiger partial charge in [-0.15, -0.1) is 0 Å². The van der Waals surface area contributed by atoms with Crippen LogP contribution in [0.15, 0.2) is 24.5 Å². The molecule has 0 bridgehead atoms. The summed E-state index contributed by atoms with van der Waals surface area (Å²) in [6.45, 7) is 3.56. The van der Waals surface area contributed by atoms with Crippen molar-refractivity contribution >= 4 is 0 Å². The SMILES string of the molecule is CC1(Cn2cccc2)CC1. The summed E-state index contributed by atoms with van der Waals surface area (Å²) in [6, 6.07) is 4.18. The predicted molar refractivity (Wildman–Crippen MR) is 41.8 cm³/mol. The van der Waals surface area contributed by atoms with Crippen LogP contribution in [0.5, 0.6) is 0 Å². The van der Waals surface area contributed by atoms with Gasteiger partial charge in [-0.25, -0.2) is 0 Å². The lowest BCUT2D eigenvalue weighted by Gasteiger charge is -2.07. The molecule has 0 unspecified atom stereocenters. The van der Waals surface area contributed by atoms with Crippen molar-refractivity contribution in [3.05, 3.63) is 24.5 Å². The lowest BCUT2D eigenvalue weighted by molar-refractivity contribution is 0.466. The molecule has 1 aromatic rings. The molecule has 0 saturated heterocycles. The van der Waals surface area contributed by atoms with Crippen molar-refractivity contribution in [2.24, 2.45) is 5.41 Å². The maximum Gasteiger partial charge on any atom is 0.0273 e. The smallest absolute Gasteiger partial charge is 0.0273 e. The van der Waals surface area contributed by atoms with Crippen LogP contribution >= 0.6 is 0 Å². The molecule has 10 heavy (non-hydrogen) atoms. The van der Waals surface area contributed by atoms with Crippen LogP contribution in [0.2, 0.25) is 0 Å². The highest BCUT2D eigenvalue weighted by Crippen LogP contribution is 2.46. The average molecular weight is 135 g/mol. The normalized spacial score (nSPS) is 20.9. The summed E-state index contributed by atoms with van der Waals surface area (Å²) >= 11 is 0. The Kier molecular flexibility index (Phi) is 1.13. The van der Waals surface area contributed by atoms with Crippen molar-refractivity contribution in [1.82, 2.24) is 4.57 Å². The molecule has 1 heterocycles. The second-order valence-electron chi connectivity index (χ2n) is 3.67. The minimum Gasteiger partial charge on any atom is -0.354 e. The summed E-state index contributed by atoms with van der Waals surface area (Å²) in [7, 11) is 0. The van der Waals surface area contributed by atoms with Gasteiger partial charge in [0.15, 0.2) is 0 Å². The van der Waals surface area contributed by atoms with E-state index in [0.29, 0.717) is 5.41 Å². The Bertz CT molecular complexity index is 207. The van der Waals surface area contributed by atoms with E-state index in [1.54, 1.807) is 0 Å². The lowest BCUT2D eigenvalue weighted by atomic mass is 10.1. The fraction of sp³-hybridized carbons (Fsp3) is 0.556. The van der Waals surface area contributed by atoms with E-state index in [-0.39, 0.29) is 0 Å². The number of hydrogen-bond donors (Lipinski definition) is 0.